The molecule has 2 aromatic rings. The Hall–Kier alpha value is -2.70. The van der Waals surface area contributed by atoms with Crippen LogP contribution in [0.2, 0.25) is 0 Å². The van der Waals surface area contributed by atoms with Gasteiger partial charge in [-0.2, -0.15) is 8.78 Å². The fraction of sp³-hybridized carbons (Fsp3) is 0.400. The summed E-state index contributed by atoms with van der Waals surface area (Å²) in [6.45, 7) is -2.97. The van der Waals surface area contributed by atoms with Crippen LogP contribution in [-0.4, -0.2) is 30.2 Å². The smallest absolute Gasteiger partial charge is 0.387 e. The summed E-state index contributed by atoms with van der Waals surface area (Å²) in [6.07, 6.45) is 7.23. The predicted octanol–water partition coefficient (Wildman–Crippen LogP) is 4.02. The second-order valence-corrected chi connectivity index (χ2v) is 6.40. The van der Waals surface area contributed by atoms with E-state index >= 15 is 0 Å². The summed E-state index contributed by atoms with van der Waals surface area (Å²) in [5.74, 6) is -0.357. The molecule has 0 spiro atoms. The van der Waals surface area contributed by atoms with Crippen molar-refractivity contribution >= 4 is 5.91 Å². The zero-order chi connectivity index (χ0) is 19.2. The van der Waals surface area contributed by atoms with Gasteiger partial charge in [0.2, 0.25) is 0 Å². The van der Waals surface area contributed by atoms with Gasteiger partial charge in [0.1, 0.15) is 5.49 Å². The third-order valence-electron chi connectivity index (χ3n) is 4.57. The van der Waals surface area contributed by atoms with Crippen molar-refractivity contribution in [3.8, 4) is 11.5 Å². The fourth-order valence-corrected chi connectivity index (χ4v) is 3.24. The zero-order valence-corrected chi connectivity index (χ0v) is 15.1. The maximum Gasteiger partial charge on any atom is 0.387 e. The quantitative estimate of drug-likeness (QED) is 0.792. The molecule has 144 valence electrons. The van der Waals surface area contributed by atoms with Gasteiger partial charge in [0.15, 0.2) is 11.5 Å². The van der Waals surface area contributed by atoms with Crippen molar-refractivity contribution in [1.82, 2.24) is 4.57 Å². The molecule has 0 bridgehead atoms. The molecule has 1 fully saturated rings. The van der Waals surface area contributed by atoms with Crippen molar-refractivity contribution in [3.63, 3.8) is 0 Å². The number of nitrogens with zero attached hydrogens (tertiary/aromatic N) is 2. The maximum absolute atomic E-state index is 13.0. The van der Waals surface area contributed by atoms with Crippen LogP contribution in [0.5, 0.6) is 11.5 Å². The number of carbonyl (C=O) groups is 1. The molecular formula is C20H22F2N2O3. The van der Waals surface area contributed by atoms with E-state index in [1.165, 1.54) is 36.3 Å². The van der Waals surface area contributed by atoms with Gasteiger partial charge in [-0.05, 0) is 43.2 Å². The molecule has 0 saturated heterocycles. The monoisotopic (exact) mass is 376 g/mol. The van der Waals surface area contributed by atoms with Crippen LogP contribution in [0.15, 0.2) is 47.6 Å². The Balaban J connectivity index is 1.93. The topological polar surface area (TPSA) is 52.8 Å². The average Bonchev–Trinajstić information content (AvgIpc) is 2.68. The van der Waals surface area contributed by atoms with Gasteiger partial charge in [0.05, 0.1) is 13.2 Å². The van der Waals surface area contributed by atoms with Gasteiger partial charge in [-0.15, -0.1) is 0 Å². The number of methoxy groups -OCH3 is 1. The molecular weight excluding hydrogens is 354 g/mol. The first-order valence-electron chi connectivity index (χ1n) is 8.97. The standard InChI is InChI=1S/C20H22F2N2O3/c1-26-17-13-14(10-11-16(17)27-20(21)22)19(25)24-12-6-5-9-18(24)23-15-7-3-2-4-8-15/h5-6,9-13,15,20H,2-4,7-8H2,1H3. The van der Waals surface area contributed by atoms with Gasteiger partial charge in [0.25, 0.3) is 5.91 Å². The van der Waals surface area contributed by atoms with Crippen LogP contribution < -0.4 is 15.0 Å². The van der Waals surface area contributed by atoms with E-state index in [0.29, 0.717) is 11.1 Å². The first-order valence-corrected chi connectivity index (χ1v) is 8.97. The Kier molecular flexibility index (Phi) is 6.21. The SMILES string of the molecule is COc1cc(C(=O)n2ccccc2=NC2CCCCC2)ccc1OC(F)F. The molecule has 0 radical (unpaired) electrons. The van der Waals surface area contributed by atoms with E-state index in [4.69, 9.17) is 9.73 Å². The molecule has 1 aliphatic rings. The van der Waals surface area contributed by atoms with Crippen LogP contribution in [-0.2, 0) is 0 Å². The molecule has 1 aromatic heterocycles. The zero-order valence-electron chi connectivity index (χ0n) is 15.1. The predicted molar refractivity (Wildman–Crippen MR) is 96.2 cm³/mol. The largest absolute Gasteiger partial charge is 0.493 e. The minimum Gasteiger partial charge on any atom is -0.493 e. The minimum atomic E-state index is -2.97. The first-order chi connectivity index (χ1) is 13.1. The van der Waals surface area contributed by atoms with E-state index in [2.05, 4.69) is 4.74 Å². The number of hydrogen-bond acceptors (Lipinski definition) is 4. The van der Waals surface area contributed by atoms with Gasteiger partial charge in [-0.3, -0.25) is 14.4 Å². The molecule has 0 unspecified atom stereocenters. The van der Waals surface area contributed by atoms with Crippen molar-refractivity contribution in [3.05, 3.63) is 53.6 Å². The molecule has 0 atom stereocenters. The molecule has 0 aliphatic heterocycles. The van der Waals surface area contributed by atoms with E-state index in [1.807, 2.05) is 6.07 Å². The van der Waals surface area contributed by atoms with Crippen LogP contribution >= 0.6 is 0 Å². The highest BCUT2D eigenvalue weighted by Crippen LogP contribution is 2.29. The summed E-state index contributed by atoms with van der Waals surface area (Å²) in [5.41, 5.74) is 0.881. The molecule has 5 nitrogen and oxygen atoms in total. The van der Waals surface area contributed by atoms with Crippen LogP contribution in [0.25, 0.3) is 0 Å². The van der Waals surface area contributed by atoms with E-state index in [0.717, 1.165) is 25.7 Å². The molecule has 1 aliphatic carbocycles. The Morgan fingerprint density at radius 1 is 1.15 bits per heavy atom. The number of pyridine rings is 1. The highest BCUT2D eigenvalue weighted by molar-refractivity contribution is 5.96. The Bertz CT molecular complexity index is 858. The lowest BCUT2D eigenvalue weighted by Crippen LogP contribution is -2.29. The van der Waals surface area contributed by atoms with Gasteiger partial charge >= 0.3 is 6.61 Å². The van der Waals surface area contributed by atoms with Crippen molar-refractivity contribution in [2.24, 2.45) is 4.99 Å². The average molecular weight is 376 g/mol. The van der Waals surface area contributed by atoms with E-state index < -0.39 is 6.61 Å². The van der Waals surface area contributed by atoms with Gasteiger partial charge < -0.3 is 9.47 Å². The van der Waals surface area contributed by atoms with Crippen LogP contribution in [0.3, 0.4) is 0 Å². The Labute approximate surface area is 156 Å². The van der Waals surface area contributed by atoms with Gasteiger partial charge in [-0.1, -0.05) is 25.3 Å². The number of halogens is 2. The summed E-state index contributed by atoms with van der Waals surface area (Å²) >= 11 is 0. The van der Waals surface area contributed by atoms with Gasteiger partial charge in [-0.25, -0.2) is 0 Å². The number of benzene rings is 1. The molecule has 1 aromatic carbocycles. The van der Waals surface area contributed by atoms with E-state index in [1.54, 1.807) is 18.3 Å². The summed E-state index contributed by atoms with van der Waals surface area (Å²) in [5, 5.41) is 0. The summed E-state index contributed by atoms with van der Waals surface area (Å²) in [6, 6.07) is 9.75. The molecule has 1 saturated carbocycles. The maximum atomic E-state index is 13.0. The second-order valence-electron chi connectivity index (χ2n) is 6.40. The number of aromatic nitrogens is 1. The van der Waals surface area contributed by atoms with Crippen molar-refractivity contribution in [2.75, 3.05) is 7.11 Å². The Morgan fingerprint density at radius 3 is 2.63 bits per heavy atom. The number of rotatable bonds is 5. The molecule has 1 heterocycles. The third-order valence-corrected chi connectivity index (χ3v) is 4.57. The summed E-state index contributed by atoms with van der Waals surface area (Å²) in [7, 11) is 1.33. The first kappa shape index (κ1) is 19.1. The molecule has 7 heteroatoms. The van der Waals surface area contributed by atoms with Crippen LogP contribution in [0.1, 0.15) is 42.5 Å². The third kappa shape index (κ3) is 4.72. The van der Waals surface area contributed by atoms with Gasteiger partial charge in [0, 0.05) is 11.8 Å². The highest BCUT2D eigenvalue weighted by Gasteiger charge is 2.16. The molecule has 0 amide bonds. The normalized spacial score (nSPS) is 15.8. The van der Waals surface area contributed by atoms with Crippen LogP contribution in [0.4, 0.5) is 8.78 Å². The number of carbonyl (C=O) groups excluding carboxylic acids is 1. The van der Waals surface area contributed by atoms with Crippen molar-refractivity contribution in [2.45, 2.75) is 44.8 Å². The Morgan fingerprint density at radius 2 is 1.93 bits per heavy atom. The summed E-state index contributed by atoms with van der Waals surface area (Å²) < 4.78 is 35.9. The number of alkyl halides is 2. The van der Waals surface area contributed by atoms with E-state index in [-0.39, 0.29) is 23.4 Å². The number of ether oxygens (including phenoxy) is 2. The lowest BCUT2D eigenvalue weighted by atomic mass is 9.96. The fourth-order valence-electron chi connectivity index (χ4n) is 3.24. The van der Waals surface area contributed by atoms with Crippen molar-refractivity contribution in [1.29, 1.82) is 0 Å². The summed E-state index contributed by atoms with van der Waals surface area (Å²) in [4.78, 5) is 17.7. The minimum absolute atomic E-state index is 0.0726. The van der Waals surface area contributed by atoms with Crippen molar-refractivity contribution < 1.29 is 23.0 Å². The number of hydrogen-bond donors (Lipinski definition) is 0. The second kappa shape index (κ2) is 8.79. The molecule has 0 N–H and O–H groups in total. The van der Waals surface area contributed by atoms with Crippen LogP contribution in [0, 0.1) is 0 Å². The van der Waals surface area contributed by atoms with E-state index in [9.17, 15) is 13.6 Å². The molecule has 27 heavy (non-hydrogen) atoms. The highest BCUT2D eigenvalue weighted by atomic mass is 19.3. The lowest BCUT2D eigenvalue weighted by molar-refractivity contribution is -0.0512. The lowest BCUT2D eigenvalue weighted by Gasteiger charge is -2.18. The molecule has 3 rings (SSSR count).